The van der Waals surface area contributed by atoms with Gasteiger partial charge in [0.15, 0.2) is 5.82 Å². The summed E-state index contributed by atoms with van der Waals surface area (Å²) >= 11 is 0. The van der Waals surface area contributed by atoms with Gasteiger partial charge < -0.3 is 10.4 Å². The lowest BCUT2D eigenvalue weighted by Gasteiger charge is -2.05. The minimum Gasteiger partial charge on any atom is -0.396 e. The zero-order chi connectivity index (χ0) is 13.5. The molecule has 0 atom stereocenters. The van der Waals surface area contributed by atoms with Crippen molar-refractivity contribution >= 4 is 11.6 Å². The van der Waals surface area contributed by atoms with Crippen molar-refractivity contribution in [3.05, 3.63) is 36.8 Å². The molecule has 6 nitrogen and oxygen atoms in total. The Morgan fingerprint density at radius 3 is 2.89 bits per heavy atom. The highest BCUT2D eigenvalue weighted by molar-refractivity contribution is 5.90. The van der Waals surface area contributed by atoms with E-state index >= 15 is 0 Å². The third-order valence-corrected chi connectivity index (χ3v) is 2.58. The van der Waals surface area contributed by atoms with Crippen LogP contribution in [0.25, 0.3) is 5.82 Å². The van der Waals surface area contributed by atoms with E-state index in [9.17, 15) is 4.79 Å². The highest BCUT2D eigenvalue weighted by Crippen LogP contribution is 2.09. The molecular formula is C13H16N4O2. The van der Waals surface area contributed by atoms with Crippen molar-refractivity contribution in [1.29, 1.82) is 0 Å². The van der Waals surface area contributed by atoms with Crippen LogP contribution in [0.4, 0.5) is 5.69 Å². The Morgan fingerprint density at radius 1 is 1.37 bits per heavy atom. The Kier molecular flexibility index (Phi) is 4.63. The molecular weight excluding hydrogens is 244 g/mol. The molecule has 0 radical (unpaired) electrons. The summed E-state index contributed by atoms with van der Waals surface area (Å²) in [6, 6.07) is 5.39. The van der Waals surface area contributed by atoms with Gasteiger partial charge in [0, 0.05) is 25.4 Å². The number of amides is 1. The lowest BCUT2D eigenvalue weighted by atomic mass is 10.2. The molecule has 6 heteroatoms. The summed E-state index contributed by atoms with van der Waals surface area (Å²) in [7, 11) is 0. The molecule has 0 fully saturated rings. The normalized spacial score (nSPS) is 10.4. The van der Waals surface area contributed by atoms with Gasteiger partial charge in [0.25, 0.3) is 0 Å². The number of hydrogen-bond acceptors (Lipinski definition) is 4. The number of nitrogens with zero attached hydrogens (tertiary/aromatic N) is 3. The van der Waals surface area contributed by atoms with Gasteiger partial charge in [-0.05, 0) is 31.0 Å². The Morgan fingerprint density at radius 2 is 2.26 bits per heavy atom. The molecule has 1 amide bonds. The standard InChI is InChI=1S/C13H16N4O2/c18-9-2-1-4-13(19)16-11-5-6-12(14-10-11)17-8-3-7-15-17/h3,5-8,10,18H,1-2,4,9H2,(H,16,19). The number of aliphatic hydroxyl groups excluding tert-OH is 1. The van der Waals surface area contributed by atoms with Crippen LogP contribution in [-0.4, -0.2) is 32.4 Å². The summed E-state index contributed by atoms with van der Waals surface area (Å²) in [5.41, 5.74) is 0.657. The largest absolute Gasteiger partial charge is 0.396 e. The first-order valence-electron chi connectivity index (χ1n) is 6.16. The molecule has 2 aromatic rings. The fourth-order valence-corrected chi connectivity index (χ4v) is 1.62. The van der Waals surface area contributed by atoms with E-state index < -0.39 is 0 Å². The van der Waals surface area contributed by atoms with Crippen LogP contribution >= 0.6 is 0 Å². The van der Waals surface area contributed by atoms with Gasteiger partial charge in [-0.15, -0.1) is 0 Å². The van der Waals surface area contributed by atoms with Crippen LogP contribution in [0.3, 0.4) is 0 Å². The van der Waals surface area contributed by atoms with E-state index in [4.69, 9.17) is 5.11 Å². The first-order valence-corrected chi connectivity index (χ1v) is 6.16. The van der Waals surface area contributed by atoms with E-state index in [-0.39, 0.29) is 12.5 Å². The number of aliphatic hydroxyl groups is 1. The lowest BCUT2D eigenvalue weighted by molar-refractivity contribution is -0.116. The molecule has 100 valence electrons. The van der Waals surface area contributed by atoms with Crippen LogP contribution in [0, 0.1) is 0 Å². The predicted molar refractivity (Wildman–Crippen MR) is 70.9 cm³/mol. The number of nitrogens with one attached hydrogen (secondary N) is 1. The third kappa shape index (κ3) is 3.89. The molecule has 0 bridgehead atoms. The molecule has 2 aromatic heterocycles. The summed E-state index contributed by atoms with van der Waals surface area (Å²) in [6.45, 7) is 0.118. The summed E-state index contributed by atoms with van der Waals surface area (Å²) in [4.78, 5) is 15.8. The van der Waals surface area contributed by atoms with Crippen LogP contribution in [0.1, 0.15) is 19.3 Å². The van der Waals surface area contributed by atoms with Crippen molar-refractivity contribution in [3.8, 4) is 5.82 Å². The van der Waals surface area contributed by atoms with Crippen molar-refractivity contribution in [2.24, 2.45) is 0 Å². The number of anilines is 1. The average Bonchev–Trinajstić information content (AvgIpc) is 2.94. The molecule has 0 saturated heterocycles. The zero-order valence-corrected chi connectivity index (χ0v) is 10.5. The fourth-order valence-electron chi connectivity index (χ4n) is 1.62. The SMILES string of the molecule is O=C(CCCCO)Nc1ccc(-n2cccn2)nc1. The van der Waals surface area contributed by atoms with Gasteiger partial charge >= 0.3 is 0 Å². The molecule has 0 spiro atoms. The number of carbonyl (C=O) groups excluding carboxylic acids is 1. The number of pyridine rings is 1. The molecule has 2 rings (SSSR count). The number of hydrogen-bond donors (Lipinski definition) is 2. The predicted octanol–water partition coefficient (Wildman–Crippen LogP) is 1.37. The second-order valence-corrected chi connectivity index (χ2v) is 4.08. The molecule has 2 heterocycles. The van der Waals surface area contributed by atoms with Gasteiger partial charge in [-0.25, -0.2) is 9.67 Å². The average molecular weight is 260 g/mol. The summed E-state index contributed by atoms with van der Waals surface area (Å²) in [5, 5.41) is 15.5. The topological polar surface area (TPSA) is 80.0 Å². The van der Waals surface area contributed by atoms with Crippen LogP contribution in [0.2, 0.25) is 0 Å². The van der Waals surface area contributed by atoms with Gasteiger partial charge in [0.2, 0.25) is 5.91 Å². The minimum absolute atomic E-state index is 0.0675. The minimum atomic E-state index is -0.0675. The van der Waals surface area contributed by atoms with E-state index in [0.29, 0.717) is 30.8 Å². The molecule has 0 saturated carbocycles. The number of rotatable bonds is 6. The van der Waals surface area contributed by atoms with Crippen LogP contribution < -0.4 is 5.32 Å². The van der Waals surface area contributed by atoms with E-state index in [2.05, 4.69) is 15.4 Å². The van der Waals surface area contributed by atoms with Gasteiger partial charge in [-0.1, -0.05) is 0 Å². The van der Waals surface area contributed by atoms with Gasteiger partial charge in [-0.3, -0.25) is 4.79 Å². The maximum absolute atomic E-state index is 11.6. The molecule has 0 aliphatic heterocycles. The summed E-state index contributed by atoms with van der Waals surface area (Å²) in [6.07, 6.45) is 6.81. The molecule has 0 aliphatic carbocycles. The second-order valence-electron chi connectivity index (χ2n) is 4.08. The fraction of sp³-hybridized carbons (Fsp3) is 0.308. The van der Waals surface area contributed by atoms with E-state index in [1.54, 1.807) is 35.4 Å². The van der Waals surface area contributed by atoms with E-state index in [1.165, 1.54) is 0 Å². The molecule has 2 N–H and O–H groups in total. The molecule has 0 aliphatic rings. The van der Waals surface area contributed by atoms with E-state index in [1.807, 2.05) is 6.07 Å². The summed E-state index contributed by atoms with van der Waals surface area (Å²) < 4.78 is 1.65. The monoisotopic (exact) mass is 260 g/mol. The number of aromatic nitrogens is 3. The maximum atomic E-state index is 11.6. The molecule has 0 unspecified atom stereocenters. The van der Waals surface area contributed by atoms with Crippen molar-refractivity contribution in [2.45, 2.75) is 19.3 Å². The smallest absolute Gasteiger partial charge is 0.224 e. The molecule has 0 aromatic carbocycles. The zero-order valence-electron chi connectivity index (χ0n) is 10.5. The van der Waals surface area contributed by atoms with Crippen LogP contribution in [0.5, 0.6) is 0 Å². The number of carbonyl (C=O) groups is 1. The van der Waals surface area contributed by atoms with Crippen molar-refractivity contribution < 1.29 is 9.90 Å². The van der Waals surface area contributed by atoms with Crippen LogP contribution in [0.15, 0.2) is 36.8 Å². The van der Waals surface area contributed by atoms with Gasteiger partial charge in [-0.2, -0.15) is 5.10 Å². The van der Waals surface area contributed by atoms with Gasteiger partial charge in [0.1, 0.15) is 0 Å². The highest BCUT2D eigenvalue weighted by atomic mass is 16.3. The van der Waals surface area contributed by atoms with Crippen molar-refractivity contribution in [1.82, 2.24) is 14.8 Å². The second kappa shape index (κ2) is 6.65. The molecule has 19 heavy (non-hydrogen) atoms. The van der Waals surface area contributed by atoms with Crippen LogP contribution in [-0.2, 0) is 4.79 Å². The Labute approximate surface area is 111 Å². The first kappa shape index (κ1) is 13.2. The highest BCUT2D eigenvalue weighted by Gasteiger charge is 2.03. The Hall–Kier alpha value is -2.21. The lowest BCUT2D eigenvalue weighted by Crippen LogP contribution is -2.11. The Balaban J connectivity index is 1.90. The quantitative estimate of drug-likeness (QED) is 0.769. The van der Waals surface area contributed by atoms with Gasteiger partial charge in [0.05, 0.1) is 11.9 Å². The van der Waals surface area contributed by atoms with Crippen molar-refractivity contribution in [3.63, 3.8) is 0 Å². The maximum Gasteiger partial charge on any atom is 0.224 e. The summed E-state index contributed by atoms with van der Waals surface area (Å²) in [5.74, 6) is 0.630. The number of unbranched alkanes of at least 4 members (excludes halogenated alkanes) is 1. The van der Waals surface area contributed by atoms with Crippen molar-refractivity contribution in [2.75, 3.05) is 11.9 Å². The Bertz CT molecular complexity index is 508. The third-order valence-electron chi connectivity index (χ3n) is 2.58. The first-order chi connectivity index (χ1) is 9.29. The van der Waals surface area contributed by atoms with E-state index in [0.717, 1.165) is 0 Å².